The van der Waals surface area contributed by atoms with Crippen molar-refractivity contribution in [2.75, 3.05) is 69.9 Å². The number of carbonyl (C=O) groups excluding carboxylic acids is 3. The zero-order valence-electron chi connectivity index (χ0n) is 31.7. The topological polar surface area (TPSA) is 267 Å². The molecule has 20 nitrogen and oxygen atoms in total. The molecular weight excluding hydrogens is 838 g/mol. The van der Waals surface area contributed by atoms with Crippen molar-refractivity contribution in [3.05, 3.63) is 71.0 Å². The van der Waals surface area contributed by atoms with Gasteiger partial charge in [-0.25, -0.2) is 15.0 Å². The fourth-order valence-electron chi connectivity index (χ4n) is 7.31. The maximum atomic E-state index is 14.5. The van der Waals surface area contributed by atoms with Crippen molar-refractivity contribution in [2.24, 2.45) is 5.90 Å². The summed E-state index contributed by atoms with van der Waals surface area (Å²) in [5, 5.41) is 3.17. The Labute approximate surface area is 340 Å². The van der Waals surface area contributed by atoms with Gasteiger partial charge >= 0.3 is 15.6 Å². The third-order valence-corrected chi connectivity index (χ3v) is 12.7. The van der Waals surface area contributed by atoms with Gasteiger partial charge in [-0.05, 0) is 41.8 Å². The van der Waals surface area contributed by atoms with Gasteiger partial charge in [0.05, 0.1) is 44.7 Å². The van der Waals surface area contributed by atoms with Crippen molar-refractivity contribution in [1.82, 2.24) is 15.3 Å². The number of alkyl halides is 1. The number of H-pyrrole nitrogens is 2. The summed E-state index contributed by atoms with van der Waals surface area (Å²) in [6.45, 7) is -0.982. The minimum absolute atomic E-state index is 0.0291. The predicted molar refractivity (Wildman–Crippen MR) is 214 cm³/mol. The Morgan fingerprint density at radius 2 is 1.61 bits per heavy atom. The number of nitrogens with two attached hydrogens (primary N) is 1. The van der Waals surface area contributed by atoms with Crippen LogP contribution in [0.3, 0.4) is 0 Å². The Hall–Kier alpha value is -5.14. The second kappa shape index (κ2) is 16.8. The number of fused-ring (bicyclic) bond motifs is 5. The number of halogens is 1. The summed E-state index contributed by atoms with van der Waals surface area (Å²) in [5.41, 5.74) is 3.10. The number of aromatic amines is 2. The Morgan fingerprint density at radius 1 is 0.898 bits per heavy atom. The number of aromatic nitrogens is 2. The second-order valence-electron chi connectivity index (χ2n) is 13.3. The number of hydrogen-bond acceptors (Lipinski definition) is 13. The van der Waals surface area contributed by atoms with Crippen LogP contribution in [0.2, 0.25) is 0 Å². The number of ether oxygens (including phenoxy) is 3. The first kappa shape index (κ1) is 42.0. The Kier molecular flexibility index (Phi) is 12.0. The number of anilines is 2. The molecule has 7 rings (SSSR count). The summed E-state index contributed by atoms with van der Waals surface area (Å²) in [6, 6.07) is 13.5. The van der Waals surface area contributed by atoms with Crippen molar-refractivity contribution in [3.63, 3.8) is 0 Å². The molecule has 2 aliphatic heterocycles. The van der Waals surface area contributed by atoms with Crippen LogP contribution in [-0.2, 0) is 34.0 Å². The molecule has 2 aromatic heterocycles. The molecular formula is C36H39ClN6O14P2. The SMILES string of the molecule is COc1cc2cc(C(=O)N3C[C@@H](CCl)c4c3cc(OP(=O)(O)OP(=O)(O)OCCNC(=O)CON)c3[nH]c(C(=O)N5CCc6ccccc65)cc43)[nH]c2c(OC)c1OC. The lowest BCUT2D eigenvalue weighted by Crippen LogP contribution is -2.31. The highest BCUT2D eigenvalue weighted by molar-refractivity contribution is 7.61. The van der Waals surface area contributed by atoms with E-state index >= 15 is 0 Å². The molecule has 4 heterocycles. The van der Waals surface area contributed by atoms with E-state index < -0.39 is 58.2 Å². The highest BCUT2D eigenvalue weighted by Gasteiger charge is 2.41. The molecule has 5 aromatic rings. The Balaban J connectivity index is 1.28. The molecule has 0 saturated heterocycles. The zero-order valence-corrected chi connectivity index (χ0v) is 34.2. The molecule has 0 bridgehead atoms. The second-order valence-corrected chi connectivity index (χ2v) is 16.6. The zero-order chi connectivity index (χ0) is 42.2. The lowest BCUT2D eigenvalue weighted by molar-refractivity contribution is -0.125. The van der Waals surface area contributed by atoms with E-state index in [0.29, 0.717) is 52.1 Å². The van der Waals surface area contributed by atoms with Crippen LogP contribution in [0.5, 0.6) is 23.0 Å². The van der Waals surface area contributed by atoms with E-state index in [1.165, 1.54) is 38.4 Å². The molecule has 0 radical (unpaired) electrons. The average molecular weight is 877 g/mol. The lowest BCUT2D eigenvalue weighted by Gasteiger charge is -2.20. The first-order valence-electron chi connectivity index (χ1n) is 17.8. The van der Waals surface area contributed by atoms with Crippen LogP contribution in [0.15, 0.2) is 48.5 Å². The average Bonchev–Trinajstić information content (AvgIpc) is 4.01. The number of hydrogen-bond donors (Lipinski definition) is 6. The molecule has 3 amide bonds. The highest BCUT2D eigenvalue weighted by Crippen LogP contribution is 2.61. The first-order valence-corrected chi connectivity index (χ1v) is 21.3. The largest absolute Gasteiger partial charge is 0.536 e. The summed E-state index contributed by atoms with van der Waals surface area (Å²) in [7, 11) is -6.49. The minimum atomic E-state index is -5.54. The Bertz CT molecular complexity index is 2560. The Morgan fingerprint density at radius 3 is 2.32 bits per heavy atom. The smallest absolute Gasteiger partial charge is 0.493 e. The molecule has 0 spiro atoms. The maximum Gasteiger partial charge on any atom is 0.536 e. The van der Waals surface area contributed by atoms with E-state index in [0.717, 1.165) is 11.3 Å². The number of rotatable bonds is 16. The normalized spacial score (nSPS) is 16.7. The number of phosphoric acid groups is 2. The van der Waals surface area contributed by atoms with Crippen LogP contribution in [0.25, 0.3) is 21.8 Å². The van der Waals surface area contributed by atoms with Crippen LogP contribution >= 0.6 is 27.2 Å². The lowest BCUT2D eigenvalue weighted by atomic mass is 9.98. The van der Waals surface area contributed by atoms with Gasteiger partial charge in [0.2, 0.25) is 11.7 Å². The number of phosphoric ester groups is 2. The van der Waals surface area contributed by atoms with E-state index in [1.54, 1.807) is 17.0 Å². The third kappa shape index (κ3) is 8.23. The number of nitrogens with zero attached hydrogens (tertiary/aromatic N) is 2. The first-order chi connectivity index (χ1) is 28.2. The molecule has 0 fully saturated rings. The van der Waals surface area contributed by atoms with E-state index in [2.05, 4.69) is 24.4 Å². The van der Waals surface area contributed by atoms with Gasteiger partial charge in [0, 0.05) is 54.0 Å². The van der Waals surface area contributed by atoms with Gasteiger partial charge in [0.25, 0.3) is 11.8 Å². The summed E-state index contributed by atoms with van der Waals surface area (Å²) in [6.07, 6.45) is 0.624. The molecule has 2 unspecified atom stereocenters. The van der Waals surface area contributed by atoms with Crippen molar-refractivity contribution >= 4 is 78.1 Å². The van der Waals surface area contributed by atoms with Gasteiger partial charge < -0.3 is 48.7 Å². The number of methoxy groups -OCH3 is 3. The third-order valence-electron chi connectivity index (χ3n) is 9.76. The van der Waals surface area contributed by atoms with Crippen LogP contribution < -0.4 is 39.7 Å². The van der Waals surface area contributed by atoms with Gasteiger partial charge in [0.15, 0.2) is 17.2 Å². The van der Waals surface area contributed by atoms with E-state index in [1.807, 2.05) is 24.3 Å². The number of carbonyl (C=O) groups is 3. The molecule has 59 heavy (non-hydrogen) atoms. The number of para-hydroxylation sites is 1. The standard InChI is InChI=1S/C36H39ClN6O14P2/c1-51-28-13-20-12-23(40-31(20)34(53-3)33(28)52-2)36(46)43-17-21(16-37)30-22-14-24(35(45)42-10-8-19-6-4-5-7-25(19)42)41-32(22)27(15-26(30)43)56-59(49,50)57-58(47,48)55-11-9-39-29(44)18-54-38/h4-7,12-15,21,40-41H,8-11,16-18,38H2,1-3H3,(H,39,44)(H,47,48)(H,49,50)/t21-/m1/s1. The van der Waals surface area contributed by atoms with Gasteiger partial charge in [-0.2, -0.15) is 4.31 Å². The monoisotopic (exact) mass is 876 g/mol. The van der Waals surface area contributed by atoms with Crippen LogP contribution in [0, 0.1) is 0 Å². The summed E-state index contributed by atoms with van der Waals surface area (Å²) in [5.74, 6) is 3.29. The van der Waals surface area contributed by atoms with Crippen molar-refractivity contribution in [2.45, 2.75) is 12.3 Å². The summed E-state index contributed by atoms with van der Waals surface area (Å²) >= 11 is 6.54. The fraction of sp³-hybridized carbons (Fsp3) is 0.306. The van der Waals surface area contributed by atoms with E-state index in [4.69, 9.17) is 40.8 Å². The highest BCUT2D eigenvalue weighted by atomic mass is 35.5. The van der Waals surface area contributed by atoms with E-state index in [-0.39, 0.29) is 41.6 Å². The van der Waals surface area contributed by atoms with Crippen LogP contribution in [0.4, 0.5) is 11.4 Å². The number of benzene rings is 3. The molecule has 0 saturated carbocycles. The molecule has 7 N–H and O–H groups in total. The minimum Gasteiger partial charge on any atom is -0.493 e. The predicted octanol–water partition coefficient (Wildman–Crippen LogP) is 4.48. The summed E-state index contributed by atoms with van der Waals surface area (Å²) in [4.78, 5) is 74.5. The van der Waals surface area contributed by atoms with Gasteiger partial charge in [-0.1, -0.05) is 18.2 Å². The molecule has 3 aromatic carbocycles. The van der Waals surface area contributed by atoms with E-state index in [9.17, 15) is 33.3 Å². The van der Waals surface area contributed by atoms with Crippen molar-refractivity contribution in [1.29, 1.82) is 0 Å². The quantitative estimate of drug-likeness (QED) is 0.0345. The molecule has 0 aliphatic carbocycles. The summed E-state index contributed by atoms with van der Waals surface area (Å²) < 4.78 is 57.6. The number of nitrogens with one attached hydrogen (secondary N) is 3. The van der Waals surface area contributed by atoms with Gasteiger partial charge in [0.1, 0.15) is 18.0 Å². The van der Waals surface area contributed by atoms with Crippen molar-refractivity contribution < 1.29 is 65.7 Å². The molecule has 3 atom stereocenters. The number of amides is 3. The van der Waals surface area contributed by atoms with Gasteiger partial charge in [-0.15, -0.1) is 11.6 Å². The van der Waals surface area contributed by atoms with Crippen LogP contribution in [-0.4, -0.2) is 97.5 Å². The van der Waals surface area contributed by atoms with Gasteiger partial charge in [-0.3, -0.25) is 28.6 Å². The maximum absolute atomic E-state index is 14.5. The molecule has 23 heteroatoms. The van der Waals surface area contributed by atoms with Crippen molar-refractivity contribution in [3.8, 4) is 23.0 Å². The fourth-order valence-corrected chi connectivity index (χ4v) is 9.65. The molecule has 2 aliphatic rings. The molecule has 314 valence electrons. The van der Waals surface area contributed by atoms with Crippen LogP contribution in [0.1, 0.15) is 38.0 Å².